The second-order valence-corrected chi connectivity index (χ2v) is 4.71. The van der Waals surface area contributed by atoms with E-state index in [1.807, 2.05) is 0 Å². The molecule has 0 aromatic carbocycles. The van der Waals surface area contributed by atoms with Crippen LogP contribution in [0.5, 0.6) is 0 Å². The molecule has 7 heteroatoms. The maximum atomic E-state index is 13.3. The zero-order valence-electron chi connectivity index (χ0n) is 9.62. The number of carbonyl (C=O) groups excluding carboxylic acids is 1. The lowest BCUT2D eigenvalue weighted by atomic mass is 10.2. The Morgan fingerprint density at radius 2 is 2.28 bits per heavy atom. The van der Waals surface area contributed by atoms with E-state index in [2.05, 4.69) is 4.98 Å². The van der Waals surface area contributed by atoms with Crippen LogP contribution in [0.3, 0.4) is 0 Å². The van der Waals surface area contributed by atoms with Crippen molar-refractivity contribution in [2.45, 2.75) is 12.5 Å². The second kappa shape index (κ2) is 5.38. The Bertz CT molecular complexity index is 484. The van der Waals surface area contributed by atoms with Crippen LogP contribution >= 0.6 is 23.2 Å². The molecule has 1 saturated heterocycles. The number of ether oxygens (including phenoxy) is 1. The van der Waals surface area contributed by atoms with Crippen LogP contribution in [-0.2, 0) is 4.74 Å². The summed E-state index contributed by atoms with van der Waals surface area (Å²) in [7, 11) is 1.59. The van der Waals surface area contributed by atoms with Gasteiger partial charge in [-0.2, -0.15) is 0 Å². The summed E-state index contributed by atoms with van der Waals surface area (Å²) in [5, 5.41) is -0.431. The van der Waals surface area contributed by atoms with Crippen molar-refractivity contribution in [3.8, 4) is 0 Å². The number of nitrogens with zero attached hydrogens (tertiary/aromatic N) is 2. The van der Waals surface area contributed by atoms with Gasteiger partial charge in [-0.1, -0.05) is 23.2 Å². The van der Waals surface area contributed by atoms with Gasteiger partial charge in [-0.15, -0.1) is 0 Å². The Morgan fingerprint density at radius 3 is 2.89 bits per heavy atom. The zero-order chi connectivity index (χ0) is 13.3. The molecule has 4 nitrogen and oxygen atoms in total. The van der Waals surface area contributed by atoms with E-state index in [-0.39, 0.29) is 27.9 Å². The number of aromatic nitrogens is 1. The Hall–Kier alpha value is -0.910. The highest BCUT2D eigenvalue weighted by Gasteiger charge is 2.28. The molecule has 0 radical (unpaired) electrons. The van der Waals surface area contributed by atoms with E-state index in [1.165, 1.54) is 0 Å². The summed E-state index contributed by atoms with van der Waals surface area (Å²) in [4.78, 5) is 17.3. The Labute approximate surface area is 114 Å². The lowest BCUT2D eigenvalue weighted by molar-refractivity contribution is 0.0723. The van der Waals surface area contributed by atoms with Gasteiger partial charge in [-0.05, 0) is 12.5 Å². The van der Waals surface area contributed by atoms with Crippen molar-refractivity contribution >= 4 is 29.1 Å². The van der Waals surface area contributed by atoms with Crippen molar-refractivity contribution in [3.05, 3.63) is 27.8 Å². The molecular formula is C11H11Cl2FN2O2. The quantitative estimate of drug-likeness (QED) is 0.786. The lowest BCUT2D eigenvalue weighted by Crippen LogP contribution is -2.30. The fourth-order valence-corrected chi connectivity index (χ4v) is 2.27. The van der Waals surface area contributed by atoms with Crippen molar-refractivity contribution in [2.24, 2.45) is 0 Å². The third-order valence-electron chi connectivity index (χ3n) is 2.88. The molecule has 0 spiro atoms. The van der Waals surface area contributed by atoms with Crippen LogP contribution in [0.15, 0.2) is 6.07 Å². The van der Waals surface area contributed by atoms with Gasteiger partial charge in [0.15, 0.2) is 11.0 Å². The van der Waals surface area contributed by atoms with Gasteiger partial charge in [-0.25, -0.2) is 9.37 Å². The molecule has 2 rings (SSSR count). The molecule has 0 aliphatic carbocycles. The summed E-state index contributed by atoms with van der Waals surface area (Å²) in [5.41, 5.74) is 0.0234. The van der Waals surface area contributed by atoms with Crippen molar-refractivity contribution in [3.63, 3.8) is 0 Å². The average molecular weight is 293 g/mol. The first kappa shape index (κ1) is 13.5. The molecule has 1 aromatic heterocycles. The normalized spacial score (nSPS) is 19.3. The Balaban J connectivity index is 2.22. The molecular weight excluding hydrogens is 282 g/mol. The van der Waals surface area contributed by atoms with E-state index < -0.39 is 5.82 Å². The van der Waals surface area contributed by atoms with Crippen LogP contribution < -0.4 is 0 Å². The van der Waals surface area contributed by atoms with Crippen LogP contribution in [0.25, 0.3) is 0 Å². The summed E-state index contributed by atoms with van der Waals surface area (Å²) >= 11 is 11.3. The van der Waals surface area contributed by atoms with Crippen molar-refractivity contribution in [2.75, 3.05) is 20.2 Å². The second-order valence-electron chi connectivity index (χ2n) is 4.00. The average Bonchev–Trinajstić information content (AvgIpc) is 2.81. The first-order valence-electron chi connectivity index (χ1n) is 5.36. The van der Waals surface area contributed by atoms with E-state index >= 15 is 0 Å². The maximum Gasteiger partial charge on any atom is 0.257 e. The third-order valence-corrected chi connectivity index (χ3v) is 3.44. The monoisotopic (exact) mass is 292 g/mol. The Kier molecular flexibility index (Phi) is 4.04. The lowest BCUT2D eigenvalue weighted by Gasteiger charge is -2.16. The molecule has 0 N–H and O–H groups in total. The third kappa shape index (κ3) is 2.58. The molecule has 1 aromatic rings. The number of hydrogen-bond acceptors (Lipinski definition) is 3. The summed E-state index contributed by atoms with van der Waals surface area (Å²) in [6, 6.07) is 1.01. The van der Waals surface area contributed by atoms with Crippen molar-refractivity contribution in [1.29, 1.82) is 0 Å². The molecule has 1 atom stereocenters. The number of pyridine rings is 1. The van der Waals surface area contributed by atoms with Crippen LogP contribution in [-0.4, -0.2) is 42.1 Å². The van der Waals surface area contributed by atoms with Gasteiger partial charge >= 0.3 is 0 Å². The van der Waals surface area contributed by atoms with Gasteiger partial charge in [0.05, 0.1) is 11.7 Å². The molecule has 1 aliphatic rings. The summed E-state index contributed by atoms with van der Waals surface area (Å²) in [5.74, 6) is -1.12. The fourth-order valence-electron chi connectivity index (χ4n) is 1.87. The van der Waals surface area contributed by atoms with E-state index in [0.717, 1.165) is 12.5 Å². The molecule has 1 amide bonds. The summed E-state index contributed by atoms with van der Waals surface area (Å²) < 4.78 is 18.5. The predicted octanol–water partition coefficient (Wildman–Crippen LogP) is 2.39. The first-order chi connectivity index (χ1) is 8.52. The number of hydrogen-bond donors (Lipinski definition) is 0. The van der Waals surface area contributed by atoms with E-state index in [4.69, 9.17) is 27.9 Å². The minimum atomic E-state index is -0.757. The number of methoxy groups -OCH3 is 1. The van der Waals surface area contributed by atoms with Crippen molar-refractivity contribution < 1.29 is 13.9 Å². The smallest absolute Gasteiger partial charge is 0.257 e. The number of amides is 1. The van der Waals surface area contributed by atoms with Crippen LogP contribution in [0, 0.1) is 5.82 Å². The van der Waals surface area contributed by atoms with Gasteiger partial charge in [0.1, 0.15) is 5.15 Å². The number of rotatable bonds is 2. The highest BCUT2D eigenvalue weighted by atomic mass is 35.5. The molecule has 0 unspecified atom stereocenters. The largest absolute Gasteiger partial charge is 0.380 e. The van der Waals surface area contributed by atoms with E-state index in [1.54, 1.807) is 12.0 Å². The van der Waals surface area contributed by atoms with Crippen LogP contribution in [0.1, 0.15) is 16.8 Å². The van der Waals surface area contributed by atoms with E-state index in [9.17, 15) is 9.18 Å². The summed E-state index contributed by atoms with van der Waals surface area (Å²) in [6.07, 6.45) is 0.765. The van der Waals surface area contributed by atoms with Gasteiger partial charge in [-0.3, -0.25) is 4.79 Å². The SMILES string of the molecule is CO[C@H]1CCN(C(=O)c2cc(F)c(Cl)nc2Cl)C1. The van der Waals surface area contributed by atoms with E-state index in [0.29, 0.717) is 13.1 Å². The zero-order valence-corrected chi connectivity index (χ0v) is 11.1. The number of carbonyl (C=O) groups is 1. The Morgan fingerprint density at radius 1 is 1.56 bits per heavy atom. The predicted molar refractivity (Wildman–Crippen MR) is 65.5 cm³/mol. The minimum absolute atomic E-state index is 0.0119. The first-order valence-corrected chi connectivity index (χ1v) is 6.12. The van der Waals surface area contributed by atoms with Gasteiger partial charge in [0.25, 0.3) is 5.91 Å². The van der Waals surface area contributed by atoms with Crippen LogP contribution in [0.2, 0.25) is 10.3 Å². The highest BCUT2D eigenvalue weighted by Crippen LogP contribution is 2.23. The highest BCUT2D eigenvalue weighted by molar-refractivity contribution is 6.34. The van der Waals surface area contributed by atoms with Gasteiger partial charge in [0, 0.05) is 20.2 Å². The molecule has 98 valence electrons. The van der Waals surface area contributed by atoms with Crippen molar-refractivity contribution in [1.82, 2.24) is 9.88 Å². The molecule has 1 fully saturated rings. The molecule has 18 heavy (non-hydrogen) atoms. The molecule has 1 aliphatic heterocycles. The molecule has 0 bridgehead atoms. The fraction of sp³-hybridized carbons (Fsp3) is 0.455. The minimum Gasteiger partial charge on any atom is -0.380 e. The topological polar surface area (TPSA) is 42.4 Å². The maximum absolute atomic E-state index is 13.3. The molecule has 2 heterocycles. The summed E-state index contributed by atoms with van der Waals surface area (Å²) in [6.45, 7) is 1.02. The number of halogens is 3. The van der Waals surface area contributed by atoms with Gasteiger partial charge in [0.2, 0.25) is 0 Å². The number of likely N-dealkylation sites (tertiary alicyclic amines) is 1. The van der Waals surface area contributed by atoms with Gasteiger partial charge < -0.3 is 9.64 Å². The standard InChI is InChI=1S/C11H11Cl2FN2O2/c1-18-6-2-3-16(5-6)11(17)7-4-8(14)10(13)15-9(7)12/h4,6H,2-3,5H2,1H3/t6-/m0/s1. The van der Waals surface area contributed by atoms with Crippen LogP contribution in [0.4, 0.5) is 4.39 Å². The molecule has 0 saturated carbocycles.